The first-order chi connectivity index (χ1) is 14.1. The first kappa shape index (κ1) is 21.6. The van der Waals surface area contributed by atoms with E-state index in [1.807, 2.05) is 23.1 Å². The van der Waals surface area contributed by atoms with Gasteiger partial charge in [-0.15, -0.1) is 0 Å². The smallest absolute Gasteiger partial charge is 0.254 e. The first-order valence-corrected chi connectivity index (χ1v) is 11.2. The van der Waals surface area contributed by atoms with Gasteiger partial charge in [-0.05, 0) is 32.4 Å². The Morgan fingerprint density at radius 3 is 2.28 bits per heavy atom. The fourth-order valence-corrected chi connectivity index (χ4v) is 4.26. The minimum atomic E-state index is 0.172. The fourth-order valence-electron chi connectivity index (χ4n) is 4.26. The number of carbonyl (C=O) groups excluding carboxylic acids is 1. The summed E-state index contributed by atoms with van der Waals surface area (Å²) in [5, 5.41) is 0.996. The lowest BCUT2D eigenvalue weighted by Gasteiger charge is -2.35. The maximum atomic E-state index is 13.8. The summed E-state index contributed by atoms with van der Waals surface area (Å²) in [5.74, 6) is 1.20. The lowest BCUT2D eigenvalue weighted by atomic mass is 9.97. The van der Waals surface area contributed by atoms with Gasteiger partial charge in [0.05, 0.1) is 11.1 Å². The van der Waals surface area contributed by atoms with Crippen molar-refractivity contribution in [1.82, 2.24) is 14.8 Å². The highest BCUT2D eigenvalue weighted by Gasteiger charge is 2.27. The van der Waals surface area contributed by atoms with Gasteiger partial charge in [0.1, 0.15) is 5.82 Å². The van der Waals surface area contributed by atoms with Crippen LogP contribution in [0.25, 0.3) is 10.9 Å². The van der Waals surface area contributed by atoms with Gasteiger partial charge in [-0.3, -0.25) is 4.79 Å². The highest BCUT2D eigenvalue weighted by Crippen LogP contribution is 2.32. The molecule has 0 saturated carbocycles. The van der Waals surface area contributed by atoms with Crippen molar-refractivity contribution in [2.75, 3.05) is 51.2 Å². The molecule has 1 amide bonds. The molecule has 0 unspecified atom stereocenters. The van der Waals surface area contributed by atoms with Crippen molar-refractivity contribution in [3.05, 3.63) is 35.4 Å². The molecule has 0 atom stereocenters. The van der Waals surface area contributed by atoms with Crippen LogP contribution in [0.3, 0.4) is 0 Å². The summed E-state index contributed by atoms with van der Waals surface area (Å²) < 4.78 is 0. The van der Waals surface area contributed by atoms with Crippen LogP contribution >= 0.6 is 0 Å². The molecule has 2 aromatic rings. The number of aromatic nitrogens is 1. The van der Waals surface area contributed by atoms with Crippen LogP contribution in [-0.2, 0) is 6.42 Å². The van der Waals surface area contributed by atoms with Crippen molar-refractivity contribution in [1.29, 1.82) is 0 Å². The Morgan fingerprint density at radius 2 is 1.66 bits per heavy atom. The van der Waals surface area contributed by atoms with Crippen LogP contribution in [0, 0.1) is 0 Å². The average Bonchev–Trinajstić information content (AvgIpc) is 2.73. The molecule has 5 nitrogen and oxygen atoms in total. The van der Waals surface area contributed by atoms with Gasteiger partial charge in [0.2, 0.25) is 0 Å². The number of pyridine rings is 1. The molecule has 1 saturated heterocycles. The average molecular weight is 397 g/mol. The maximum Gasteiger partial charge on any atom is 0.254 e. The minimum Gasteiger partial charge on any atom is -0.354 e. The van der Waals surface area contributed by atoms with Gasteiger partial charge in [0.25, 0.3) is 5.91 Å². The molecule has 158 valence electrons. The van der Waals surface area contributed by atoms with E-state index in [2.05, 4.69) is 43.7 Å². The van der Waals surface area contributed by atoms with E-state index in [0.29, 0.717) is 0 Å². The summed E-state index contributed by atoms with van der Waals surface area (Å²) in [6.45, 7) is 12.1. The summed E-state index contributed by atoms with van der Waals surface area (Å²) in [5.41, 5.74) is 2.95. The Kier molecular flexibility index (Phi) is 7.48. The molecule has 0 bridgehead atoms. The van der Waals surface area contributed by atoms with Crippen LogP contribution in [0.5, 0.6) is 0 Å². The van der Waals surface area contributed by atoms with Gasteiger partial charge < -0.3 is 14.7 Å². The van der Waals surface area contributed by atoms with Crippen molar-refractivity contribution in [3.63, 3.8) is 0 Å². The van der Waals surface area contributed by atoms with Gasteiger partial charge >= 0.3 is 0 Å². The third-order valence-electron chi connectivity index (χ3n) is 5.76. The molecule has 1 aliphatic rings. The Morgan fingerprint density at radius 1 is 1.00 bits per heavy atom. The molecule has 1 aromatic carbocycles. The quantitative estimate of drug-likeness (QED) is 0.670. The van der Waals surface area contributed by atoms with Crippen LogP contribution in [0.2, 0.25) is 0 Å². The molecule has 5 heteroatoms. The number of amides is 1. The number of rotatable bonds is 8. The lowest BCUT2D eigenvalue weighted by molar-refractivity contribution is 0.0756. The van der Waals surface area contributed by atoms with Crippen LogP contribution < -0.4 is 4.90 Å². The summed E-state index contributed by atoms with van der Waals surface area (Å²) in [6.07, 6.45) is 3.83. The molecule has 1 aliphatic heterocycles. The largest absolute Gasteiger partial charge is 0.354 e. The Labute approximate surface area is 175 Å². The van der Waals surface area contributed by atoms with E-state index in [0.717, 1.165) is 92.8 Å². The van der Waals surface area contributed by atoms with E-state index in [-0.39, 0.29) is 5.91 Å². The Balaban J connectivity index is 2.17. The van der Waals surface area contributed by atoms with Crippen LogP contribution in [0.1, 0.15) is 56.0 Å². The summed E-state index contributed by atoms with van der Waals surface area (Å²) in [7, 11) is 2.17. The summed E-state index contributed by atoms with van der Waals surface area (Å²) in [4.78, 5) is 25.6. The molecule has 1 aromatic heterocycles. The van der Waals surface area contributed by atoms with Crippen molar-refractivity contribution < 1.29 is 4.79 Å². The van der Waals surface area contributed by atoms with Gasteiger partial charge in [0, 0.05) is 50.2 Å². The van der Waals surface area contributed by atoms with Gasteiger partial charge in [-0.1, -0.05) is 45.4 Å². The number of nitrogens with zero attached hydrogens (tertiary/aromatic N) is 4. The number of benzene rings is 1. The lowest BCUT2D eigenvalue weighted by Crippen LogP contribution is -2.45. The second kappa shape index (κ2) is 10.1. The Hall–Kier alpha value is -2.14. The van der Waals surface area contributed by atoms with Crippen LogP contribution in [0.4, 0.5) is 5.82 Å². The second-order valence-electron chi connectivity index (χ2n) is 8.14. The maximum absolute atomic E-state index is 13.8. The zero-order chi connectivity index (χ0) is 20.8. The summed E-state index contributed by atoms with van der Waals surface area (Å²) in [6, 6.07) is 8.16. The molecule has 3 rings (SSSR count). The van der Waals surface area contributed by atoms with E-state index < -0.39 is 0 Å². The molecular weight excluding hydrogens is 360 g/mol. The van der Waals surface area contributed by atoms with Crippen LogP contribution in [-0.4, -0.2) is 67.0 Å². The van der Waals surface area contributed by atoms with E-state index in [9.17, 15) is 4.79 Å². The van der Waals surface area contributed by atoms with Gasteiger partial charge in [-0.2, -0.15) is 0 Å². The monoisotopic (exact) mass is 396 g/mol. The predicted molar refractivity (Wildman–Crippen MR) is 122 cm³/mol. The van der Waals surface area contributed by atoms with Crippen molar-refractivity contribution in [2.45, 2.75) is 46.5 Å². The third kappa shape index (κ3) is 4.72. The number of hydrogen-bond donors (Lipinski definition) is 0. The highest BCUT2D eigenvalue weighted by molar-refractivity contribution is 6.08. The van der Waals surface area contributed by atoms with E-state index in [4.69, 9.17) is 4.98 Å². The molecular formula is C24H36N4O. The molecule has 2 heterocycles. The highest BCUT2D eigenvalue weighted by atomic mass is 16.2. The Bertz CT molecular complexity index is 821. The van der Waals surface area contributed by atoms with E-state index in [1.165, 1.54) is 0 Å². The normalized spacial score (nSPS) is 15.1. The molecule has 1 fully saturated rings. The summed E-state index contributed by atoms with van der Waals surface area (Å²) >= 11 is 0. The number of carbonyl (C=O) groups is 1. The minimum absolute atomic E-state index is 0.172. The first-order valence-electron chi connectivity index (χ1n) is 11.2. The number of para-hydroxylation sites is 1. The number of anilines is 1. The standard InChI is InChI=1S/C24H36N4O/c1-5-10-20-22(24(29)28(13-6-2)14-7-3)19-11-8-9-12-21(19)25-23(20)27-17-15-26(4)16-18-27/h8-9,11-12H,5-7,10,13-18H2,1-4H3. The third-order valence-corrected chi connectivity index (χ3v) is 5.76. The van der Waals surface area contributed by atoms with Crippen molar-refractivity contribution >= 4 is 22.6 Å². The molecule has 0 radical (unpaired) electrons. The number of likely N-dealkylation sites (N-methyl/N-ethyl adjacent to an activating group) is 1. The number of hydrogen-bond acceptors (Lipinski definition) is 4. The second-order valence-corrected chi connectivity index (χ2v) is 8.14. The number of piperazine rings is 1. The molecule has 0 N–H and O–H groups in total. The van der Waals surface area contributed by atoms with Gasteiger partial charge in [-0.25, -0.2) is 4.98 Å². The fraction of sp³-hybridized carbons (Fsp3) is 0.583. The number of fused-ring (bicyclic) bond motifs is 1. The zero-order valence-corrected chi connectivity index (χ0v) is 18.6. The molecule has 29 heavy (non-hydrogen) atoms. The van der Waals surface area contributed by atoms with Crippen molar-refractivity contribution in [3.8, 4) is 0 Å². The SMILES string of the molecule is CCCc1c(N2CCN(C)CC2)nc2ccccc2c1C(=O)N(CCC)CCC. The van der Waals surface area contributed by atoms with Crippen LogP contribution in [0.15, 0.2) is 24.3 Å². The van der Waals surface area contributed by atoms with Gasteiger partial charge in [0.15, 0.2) is 0 Å². The molecule has 0 aliphatic carbocycles. The topological polar surface area (TPSA) is 39.7 Å². The van der Waals surface area contributed by atoms with E-state index in [1.54, 1.807) is 0 Å². The van der Waals surface area contributed by atoms with E-state index >= 15 is 0 Å². The predicted octanol–water partition coefficient (Wildman–Crippen LogP) is 4.20. The molecule has 0 spiro atoms. The van der Waals surface area contributed by atoms with Crippen molar-refractivity contribution in [2.24, 2.45) is 0 Å². The zero-order valence-electron chi connectivity index (χ0n) is 18.6.